The van der Waals surface area contributed by atoms with Crippen molar-refractivity contribution in [2.45, 2.75) is 203 Å². The van der Waals surface area contributed by atoms with Crippen LogP contribution < -0.4 is 0 Å². The Bertz CT molecular complexity index is 846. The molecule has 8 heteroatoms. The van der Waals surface area contributed by atoms with E-state index in [-0.39, 0.29) is 43.2 Å². The molecule has 44 heavy (non-hydrogen) atoms. The van der Waals surface area contributed by atoms with E-state index >= 15 is 0 Å². The molecule has 9 atom stereocenters. The summed E-state index contributed by atoms with van der Waals surface area (Å²) in [4.78, 5) is 12.8. The van der Waals surface area contributed by atoms with E-state index in [0.29, 0.717) is 23.9 Å². The number of fused-ring (bicyclic) bond motifs is 3. The van der Waals surface area contributed by atoms with Gasteiger partial charge in [0.15, 0.2) is 6.61 Å². The Morgan fingerprint density at radius 3 is 1.25 bits per heavy atom. The predicted octanol–water partition coefficient (Wildman–Crippen LogP) is 7.45. The Hall–Kier alpha value is -1.03. The van der Waals surface area contributed by atoms with Crippen LogP contribution in [0.5, 0.6) is 0 Å². The summed E-state index contributed by atoms with van der Waals surface area (Å²) in [5, 5.41) is 0. The molecule has 9 unspecified atom stereocenters. The van der Waals surface area contributed by atoms with E-state index in [1.165, 1.54) is 57.8 Å². The van der Waals surface area contributed by atoms with Gasteiger partial charge in [0.2, 0.25) is 0 Å². The van der Waals surface area contributed by atoms with Gasteiger partial charge in [0.05, 0.1) is 54.9 Å². The van der Waals surface area contributed by atoms with Crippen LogP contribution in [0.1, 0.15) is 142 Å². The van der Waals surface area contributed by atoms with Crippen LogP contribution in [-0.4, -0.2) is 73.5 Å². The summed E-state index contributed by atoms with van der Waals surface area (Å²) in [7, 11) is 0. The lowest BCUT2D eigenvalue weighted by Crippen LogP contribution is -2.52. The average molecular weight is 619 g/mol. The number of carbonyl (C=O) groups excluding carboxylic acids is 1. The van der Waals surface area contributed by atoms with Gasteiger partial charge in [0.1, 0.15) is 0 Å². The van der Waals surface area contributed by atoms with Crippen LogP contribution in [0.15, 0.2) is 12.2 Å². The molecule has 250 valence electrons. The van der Waals surface area contributed by atoms with Crippen LogP contribution in [0.25, 0.3) is 0 Å². The maximum Gasteiger partial charge on any atom is 0.333 e. The van der Waals surface area contributed by atoms with Crippen molar-refractivity contribution in [2.75, 3.05) is 6.61 Å². The molecule has 0 aromatic rings. The Morgan fingerprint density at radius 2 is 0.909 bits per heavy atom. The smallest absolute Gasteiger partial charge is 0.333 e. The molecule has 0 aromatic carbocycles. The molecule has 0 aromatic heterocycles. The molecule has 3 saturated heterocycles. The number of ether oxygens (including phenoxy) is 7. The molecule has 6 fully saturated rings. The van der Waals surface area contributed by atoms with Gasteiger partial charge in [-0.25, -0.2) is 4.79 Å². The molecular weight excluding hydrogens is 560 g/mol. The van der Waals surface area contributed by atoms with Gasteiger partial charge in [-0.3, -0.25) is 0 Å². The highest BCUT2D eigenvalue weighted by atomic mass is 16.9. The van der Waals surface area contributed by atoms with Crippen molar-refractivity contribution in [3.63, 3.8) is 0 Å². The Kier molecular flexibility index (Phi) is 11.7. The first-order valence-corrected chi connectivity index (χ1v) is 18.3. The van der Waals surface area contributed by atoms with Crippen LogP contribution in [0.3, 0.4) is 0 Å². The number of rotatable bonds is 9. The Labute approximate surface area is 265 Å². The van der Waals surface area contributed by atoms with Gasteiger partial charge < -0.3 is 33.2 Å². The molecule has 8 nitrogen and oxygen atoms in total. The van der Waals surface area contributed by atoms with Crippen molar-refractivity contribution in [1.82, 2.24) is 0 Å². The van der Waals surface area contributed by atoms with E-state index in [0.717, 1.165) is 77.0 Å². The first kappa shape index (κ1) is 32.9. The van der Waals surface area contributed by atoms with E-state index in [1.54, 1.807) is 6.92 Å². The molecule has 0 spiro atoms. The molecule has 0 bridgehead atoms. The number of hydrogen-bond acceptors (Lipinski definition) is 8. The zero-order chi connectivity index (χ0) is 30.4. The van der Waals surface area contributed by atoms with Crippen molar-refractivity contribution in [1.29, 1.82) is 0 Å². The lowest BCUT2D eigenvalue weighted by molar-refractivity contribution is -0.429. The molecule has 3 aliphatic carbocycles. The highest BCUT2D eigenvalue weighted by Crippen LogP contribution is 2.41. The summed E-state index contributed by atoms with van der Waals surface area (Å²) >= 11 is 0. The topological polar surface area (TPSA) is 91.6 Å². The second-order valence-corrected chi connectivity index (χ2v) is 14.6. The highest BCUT2D eigenvalue weighted by molar-refractivity contribution is 5.86. The van der Waals surface area contributed by atoms with E-state index in [1.807, 2.05) is 0 Å². The monoisotopic (exact) mass is 618 g/mol. The third-order valence-electron chi connectivity index (χ3n) is 10.6. The molecule has 6 aliphatic rings. The largest absolute Gasteiger partial charge is 0.454 e. The Morgan fingerprint density at radius 1 is 0.568 bits per heavy atom. The first-order chi connectivity index (χ1) is 21.5. The lowest BCUT2D eigenvalue weighted by Gasteiger charge is -2.41. The van der Waals surface area contributed by atoms with E-state index in [4.69, 9.17) is 33.2 Å². The van der Waals surface area contributed by atoms with Crippen LogP contribution >= 0.6 is 0 Å². The zero-order valence-electron chi connectivity index (χ0n) is 27.2. The van der Waals surface area contributed by atoms with Crippen molar-refractivity contribution < 1.29 is 38.0 Å². The summed E-state index contributed by atoms with van der Waals surface area (Å²) in [6.45, 7) is 5.38. The van der Waals surface area contributed by atoms with Crippen molar-refractivity contribution >= 4 is 5.97 Å². The van der Waals surface area contributed by atoms with Crippen LogP contribution in [0.2, 0.25) is 0 Å². The van der Waals surface area contributed by atoms with Gasteiger partial charge in [-0.1, -0.05) is 83.6 Å². The Balaban J connectivity index is 1.26. The van der Waals surface area contributed by atoms with Gasteiger partial charge in [-0.2, -0.15) is 0 Å². The van der Waals surface area contributed by atoms with Crippen molar-refractivity contribution in [2.24, 2.45) is 0 Å². The lowest BCUT2D eigenvalue weighted by atomic mass is 9.98. The van der Waals surface area contributed by atoms with Crippen LogP contribution in [0.4, 0.5) is 0 Å². The minimum absolute atomic E-state index is 0.111. The normalized spacial score (nSPS) is 39.6. The van der Waals surface area contributed by atoms with Gasteiger partial charge in [-0.15, -0.1) is 0 Å². The molecule has 0 N–H and O–H groups in total. The summed E-state index contributed by atoms with van der Waals surface area (Å²) < 4.78 is 45.4. The van der Waals surface area contributed by atoms with E-state index in [2.05, 4.69) is 6.58 Å². The van der Waals surface area contributed by atoms with Gasteiger partial charge in [0.25, 0.3) is 0 Å². The number of esters is 1. The second kappa shape index (κ2) is 15.7. The molecule has 6 rings (SSSR count). The van der Waals surface area contributed by atoms with Crippen LogP contribution in [-0.2, 0) is 38.0 Å². The standard InChI is InChI=1S/C36H58O8/c1-25(2)35(37)38-24-36(42-26-15-9-3-6-12-18-29-32(21-26)39-29,43-27-16-10-4-7-13-19-30-33(22-27)40-30)44-28-17-11-5-8-14-20-31-34(23-28)41-31/h26-34H,1,3-24H2,2H3. The molecular formula is C36H58O8. The maximum atomic E-state index is 12.8. The fourth-order valence-corrected chi connectivity index (χ4v) is 7.81. The maximum absolute atomic E-state index is 12.8. The van der Waals surface area contributed by atoms with Gasteiger partial charge in [-0.05, 0) is 45.4 Å². The summed E-state index contributed by atoms with van der Waals surface area (Å²) in [6, 6.07) is 0. The van der Waals surface area contributed by atoms with Crippen molar-refractivity contribution in [3.05, 3.63) is 12.2 Å². The van der Waals surface area contributed by atoms with E-state index in [9.17, 15) is 4.79 Å². The third kappa shape index (κ3) is 9.98. The summed E-state index contributed by atoms with van der Waals surface area (Å²) in [6.07, 6.45) is 24.1. The van der Waals surface area contributed by atoms with E-state index < -0.39 is 11.9 Å². The number of epoxide rings is 3. The van der Waals surface area contributed by atoms with Gasteiger partial charge in [0, 0.05) is 24.8 Å². The molecule has 0 amide bonds. The SMILES string of the molecule is C=C(C)C(=O)OCC(OC1CCCCCCC2OC2C1)(OC1CCCCCCC2OC2C1)OC1CCCCCCC2OC2C1. The predicted molar refractivity (Wildman–Crippen MR) is 166 cm³/mol. The second-order valence-electron chi connectivity index (χ2n) is 14.6. The quantitative estimate of drug-likeness (QED) is 0.114. The van der Waals surface area contributed by atoms with Gasteiger partial charge >= 0.3 is 11.9 Å². The zero-order valence-corrected chi connectivity index (χ0v) is 27.2. The summed E-state index contributed by atoms with van der Waals surface area (Å²) in [5.74, 6) is -1.96. The number of carbonyl (C=O) groups is 1. The fourth-order valence-electron chi connectivity index (χ4n) is 7.81. The number of hydrogen-bond donors (Lipinski definition) is 0. The average Bonchev–Trinajstić information content (AvgIpc) is 3.92. The summed E-state index contributed by atoms with van der Waals surface area (Å²) in [5.41, 5.74) is 0.354. The molecule has 3 saturated carbocycles. The fraction of sp³-hybridized carbons (Fsp3) is 0.917. The first-order valence-electron chi connectivity index (χ1n) is 18.3. The minimum Gasteiger partial charge on any atom is -0.454 e. The molecule has 3 heterocycles. The molecule has 3 aliphatic heterocycles. The van der Waals surface area contributed by atoms with Crippen LogP contribution in [0, 0.1) is 0 Å². The third-order valence-corrected chi connectivity index (χ3v) is 10.6. The highest BCUT2D eigenvalue weighted by Gasteiger charge is 2.49. The minimum atomic E-state index is -1.51. The molecule has 0 radical (unpaired) electrons. The van der Waals surface area contributed by atoms with Crippen molar-refractivity contribution in [3.8, 4) is 0 Å².